The minimum atomic E-state index is -0.464. The van der Waals surface area contributed by atoms with Crippen LogP contribution in [0.1, 0.15) is 12.5 Å². The van der Waals surface area contributed by atoms with Gasteiger partial charge in [0.2, 0.25) is 0 Å². The van der Waals surface area contributed by atoms with E-state index in [4.69, 9.17) is 4.74 Å². The molecule has 1 atom stereocenters. The molecule has 4 nitrogen and oxygen atoms in total. The molecule has 1 aliphatic heterocycles. The number of rotatable bonds is 4. The van der Waals surface area contributed by atoms with E-state index in [0.717, 1.165) is 37.5 Å². The first-order valence-corrected chi connectivity index (χ1v) is 8.46. The van der Waals surface area contributed by atoms with Gasteiger partial charge in [-0.2, -0.15) is 0 Å². The molecule has 126 valence electrons. The minimum Gasteiger partial charge on any atom is -0.481 e. The Balaban J connectivity index is 1.56. The van der Waals surface area contributed by atoms with E-state index in [0.29, 0.717) is 0 Å². The van der Waals surface area contributed by atoms with E-state index in [-0.39, 0.29) is 5.91 Å². The van der Waals surface area contributed by atoms with Crippen LogP contribution in [0.5, 0.6) is 5.75 Å². The maximum Gasteiger partial charge on any atom is 0.263 e. The summed E-state index contributed by atoms with van der Waals surface area (Å²) < 4.78 is 5.87. The third-order valence-corrected chi connectivity index (χ3v) is 4.46. The van der Waals surface area contributed by atoms with Gasteiger partial charge in [0, 0.05) is 31.9 Å². The molecule has 1 aliphatic rings. The summed E-state index contributed by atoms with van der Waals surface area (Å²) in [5, 5.41) is 0. The summed E-state index contributed by atoms with van der Waals surface area (Å²) in [4.78, 5) is 16.9. The van der Waals surface area contributed by atoms with Gasteiger partial charge in [-0.25, -0.2) is 0 Å². The lowest BCUT2D eigenvalue weighted by Crippen LogP contribution is -2.52. The molecule has 2 aromatic carbocycles. The summed E-state index contributed by atoms with van der Waals surface area (Å²) in [6.07, 6.45) is -0.464. The third-order valence-electron chi connectivity index (χ3n) is 4.46. The predicted octanol–water partition coefficient (Wildman–Crippen LogP) is 3.11. The molecule has 1 unspecified atom stereocenters. The fourth-order valence-corrected chi connectivity index (χ4v) is 3.01. The smallest absolute Gasteiger partial charge is 0.263 e. The summed E-state index contributed by atoms with van der Waals surface area (Å²) in [6.45, 7) is 6.99. The number of ether oxygens (including phenoxy) is 1. The first-order chi connectivity index (χ1) is 11.6. The average molecular weight is 324 g/mol. The maximum absolute atomic E-state index is 12.6. The SMILES string of the molecule is Cc1ccccc1OC(C)C(=O)N1CCN(c2ccccc2)CC1. The highest BCUT2D eigenvalue weighted by molar-refractivity contribution is 5.81. The van der Waals surface area contributed by atoms with Gasteiger partial charge in [0.1, 0.15) is 5.75 Å². The lowest BCUT2D eigenvalue weighted by Gasteiger charge is -2.37. The van der Waals surface area contributed by atoms with Crippen molar-refractivity contribution in [1.82, 2.24) is 4.90 Å². The van der Waals surface area contributed by atoms with Crippen molar-refractivity contribution in [2.24, 2.45) is 0 Å². The van der Waals surface area contributed by atoms with Crippen molar-refractivity contribution < 1.29 is 9.53 Å². The second-order valence-electron chi connectivity index (χ2n) is 6.17. The Kier molecular flexibility index (Phi) is 5.04. The average Bonchev–Trinajstić information content (AvgIpc) is 2.64. The Bertz CT molecular complexity index is 679. The highest BCUT2D eigenvalue weighted by Crippen LogP contribution is 2.20. The van der Waals surface area contributed by atoms with Gasteiger partial charge < -0.3 is 14.5 Å². The zero-order valence-electron chi connectivity index (χ0n) is 14.3. The van der Waals surface area contributed by atoms with Crippen molar-refractivity contribution in [1.29, 1.82) is 0 Å². The second-order valence-corrected chi connectivity index (χ2v) is 6.17. The molecule has 0 bridgehead atoms. The number of para-hydroxylation sites is 2. The lowest BCUT2D eigenvalue weighted by molar-refractivity contribution is -0.138. The van der Waals surface area contributed by atoms with Crippen molar-refractivity contribution in [3.8, 4) is 5.75 Å². The van der Waals surface area contributed by atoms with E-state index in [1.807, 2.05) is 61.2 Å². The number of nitrogens with zero attached hydrogens (tertiary/aromatic N) is 2. The zero-order valence-corrected chi connectivity index (χ0v) is 14.3. The Labute approximate surface area is 143 Å². The first-order valence-electron chi connectivity index (χ1n) is 8.46. The van der Waals surface area contributed by atoms with Gasteiger partial charge in [-0.05, 0) is 37.6 Å². The molecule has 1 fully saturated rings. The molecule has 0 aliphatic carbocycles. The Hall–Kier alpha value is -2.49. The van der Waals surface area contributed by atoms with Crippen LogP contribution < -0.4 is 9.64 Å². The minimum absolute atomic E-state index is 0.0611. The summed E-state index contributed by atoms with van der Waals surface area (Å²) in [5.41, 5.74) is 2.26. The highest BCUT2D eigenvalue weighted by atomic mass is 16.5. The number of carbonyl (C=O) groups excluding carboxylic acids is 1. The topological polar surface area (TPSA) is 32.8 Å². The molecule has 1 heterocycles. The van der Waals surface area contributed by atoms with Gasteiger partial charge in [0.05, 0.1) is 0 Å². The van der Waals surface area contributed by atoms with E-state index in [1.165, 1.54) is 5.69 Å². The van der Waals surface area contributed by atoms with Crippen LogP contribution in [-0.2, 0) is 4.79 Å². The van der Waals surface area contributed by atoms with Gasteiger partial charge in [0.25, 0.3) is 5.91 Å². The van der Waals surface area contributed by atoms with E-state index in [2.05, 4.69) is 17.0 Å². The number of hydrogen-bond acceptors (Lipinski definition) is 3. The van der Waals surface area contributed by atoms with Crippen LogP contribution >= 0.6 is 0 Å². The van der Waals surface area contributed by atoms with Gasteiger partial charge >= 0.3 is 0 Å². The number of amides is 1. The van der Waals surface area contributed by atoms with Crippen LogP contribution in [0.4, 0.5) is 5.69 Å². The fraction of sp³-hybridized carbons (Fsp3) is 0.350. The first kappa shape index (κ1) is 16.4. The summed E-state index contributed by atoms with van der Waals surface area (Å²) >= 11 is 0. The highest BCUT2D eigenvalue weighted by Gasteiger charge is 2.26. The molecule has 0 radical (unpaired) electrons. The quantitative estimate of drug-likeness (QED) is 0.866. The molecule has 0 aromatic heterocycles. The van der Waals surface area contributed by atoms with Gasteiger partial charge in [0.15, 0.2) is 6.10 Å². The molecular weight excluding hydrogens is 300 g/mol. The predicted molar refractivity (Wildman–Crippen MR) is 96.5 cm³/mol. The van der Waals surface area contributed by atoms with E-state index < -0.39 is 6.10 Å². The van der Waals surface area contributed by atoms with Crippen molar-refractivity contribution in [2.45, 2.75) is 20.0 Å². The molecule has 2 aromatic rings. The lowest BCUT2D eigenvalue weighted by atomic mass is 10.2. The van der Waals surface area contributed by atoms with Crippen LogP contribution in [0, 0.1) is 6.92 Å². The Morgan fingerprint density at radius 3 is 2.25 bits per heavy atom. The van der Waals surface area contributed by atoms with Crippen LogP contribution in [0.2, 0.25) is 0 Å². The maximum atomic E-state index is 12.6. The van der Waals surface area contributed by atoms with E-state index in [1.54, 1.807) is 0 Å². The normalized spacial score (nSPS) is 15.9. The number of piperazine rings is 1. The van der Waals surface area contributed by atoms with Crippen LogP contribution in [0.15, 0.2) is 54.6 Å². The Morgan fingerprint density at radius 1 is 0.958 bits per heavy atom. The number of carbonyl (C=O) groups is 1. The van der Waals surface area contributed by atoms with Gasteiger partial charge in [-0.15, -0.1) is 0 Å². The van der Waals surface area contributed by atoms with E-state index in [9.17, 15) is 4.79 Å². The molecule has 24 heavy (non-hydrogen) atoms. The zero-order chi connectivity index (χ0) is 16.9. The number of hydrogen-bond donors (Lipinski definition) is 0. The molecule has 0 spiro atoms. The standard InChI is InChI=1S/C20H24N2O2/c1-16-8-6-7-11-19(16)24-17(2)20(23)22-14-12-21(13-15-22)18-9-4-3-5-10-18/h3-11,17H,12-15H2,1-2H3. The molecule has 0 saturated carbocycles. The van der Waals surface area contributed by atoms with Crippen molar-refractivity contribution >= 4 is 11.6 Å². The molecular formula is C20H24N2O2. The van der Waals surface area contributed by atoms with Gasteiger partial charge in [-0.3, -0.25) is 4.79 Å². The van der Waals surface area contributed by atoms with Crippen molar-refractivity contribution in [2.75, 3.05) is 31.1 Å². The van der Waals surface area contributed by atoms with Gasteiger partial charge in [-0.1, -0.05) is 36.4 Å². The number of benzene rings is 2. The van der Waals surface area contributed by atoms with Crippen molar-refractivity contribution in [3.05, 3.63) is 60.2 Å². The Morgan fingerprint density at radius 2 is 1.58 bits per heavy atom. The second kappa shape index (κ2) is 7.39. The summed E-state index contributed by atoms with van der Waals surface area (Å²) in [5.74, 6) is 0.840. The molecule has 0 N–H and O–H groups in total. The summed E-state index contributed by atoms with van der Waals surface area (Å²) in [6, 6.07) is 18.1. The fourth-order valence-electron chi connectivity index (χ4n) is 3.01. The molecule has 1 saturated heterocycles. The summed E-state index contributed by atoms with van der Waals surface area (Å²) in [7, 11) is 0. The van der Waals surface area contributed by atoms with Crippen molar-refractivity contribution in [3.63, 3.8) is 0 Å². The molecule has 1 amide bonds. The number of aryl methyl sites for hydroxylation is 1. The number of anilines is 1. The van der Waals surface area contributed by atoms with E-state index >= 15 is 0 Å². The third kappa shape index (κ3) is 3.70. The van der Waals surface area contributed by atoms with Crippen LogP contribution in [0.3, 0.4) is 0 Å². The molecule has 3 rings (SSSR count). The van der Waals surface area contributed by atoms with Crippen LogP contribution in [-0.4, -0.2) is 43.1 Å². The largest absolute Gasteiger partial charge is 0.481 e. The van der Waals surface area contributed by atoms with Crippen LogP contribution in [0.25, 0.3) is 0 Å². The monoisotopic (exact) mass is 324 g/mol. The molecule has 4 heteroatoms.